The highest BCUT2D eigenvalue weighted by molar-refractivity contribution is 5.66. The van der Waals surface area contributed by atoms with Crippen LogP contribution in [-0.2, 0) is 18.9 Å². The zero-order valence-corrected chi connectivity index (χ0v) is 10.3. The molecule has 0 aliphatic heterocycles. The molecule has 0 atom stereocenters. The van der Waals surface area contributed by atoms with Gasteiger partial charge in [0.15, 0.2) is 0 Å². The topological polar surface area (TPSA) is 106 Å². The molecule has 0 fully saturated rings. The maximum absolute atomic E-state index is 11.6. The third kappa shape index (κ3) is 3.44. The number of aryl methyl sites for hydroxylation is 1. The van der Waals surface area contributed by atoms with Crippen LogP contribution in [0.15, 0.2) is 9.59 Å². The summed E-state index contributed by atoms with van der Waals surface area (Å²) in [6.07, 6.45) is 1.23. The number of nitrogens with zero attached hydrogens (tertiary/aromatic N) is 3. The number of anilines is 1. The van der Waals surface area contributed by atoms with Gasteiger partial charge < -0.3 is 10.4 Å². The van der Waals surface area contributed by atoms with E-state index < -0.39 is 17.2 Å². The Kier molecular flexibility index (Phi) is 4.64. The van der Waals surface area contributed by atoms with Gasteiger partial charge in [0, 0.05) is 27.1 Å². The molecule has 100 valence electrons. The summed E-state index contributed by atoms with van der Waals surface area (Å²) in [6.45, 7) is 0.438. The van der Waals surface area contributed by atoms with Crippen LogP contribution >= 0.6 is 0 Å². The normalized spacial score (nSPS) is 10.3. The van der Waals surface area contributed by atoms with Crippen molar-refractivity contribution in [3.8, 4) is 0 Å². The zero-order valence-electron chi connectivity index (χ0n) is 10.3. The van der Waals surface area contributed by atoms with Crippen molar-refractivity contribution in [2.45, 2.75) is 19.3 Å². The van der Waals surface area contributed by atoms with E-state index in [1.54, 1.807) is 0 Å². The summed E-state index contributed by atoms with van der Waals surface area (Å²) in [7, 11) is 2.83. The average Bonchev–Trinajstić information content (AvgIpc) is 2.32. The molecular formula is C10H16N4O4. The van der Waals surface area contributed by atoms with Crippen molar-refractivity contribution in [1.82, 2.24) is 14.3 Å². The fourth-order valence-corrected chi connectivity index (χ4v) is 1.42. The molecular weight excluding hydrogens is 240 g/mol. The largest absolute Gasteiger partial charge is 0.481 e. The fourth-order valence-electron chi connectivity index (χ4n) is 1.42. The Labute approximate surface area is 103 Å². The van der Waals surface area contributed by atoms with Crippen molar-refractivity contribution < 1.29 is 9.90 Å². The molecule has 1 aromatic rings. The predicted octanol–water partition coefficient (Wildman–Crippen LogP) is -0.854. The van der Waals surface area contributed by atoms with Gasteiger partial charge in [0.05, 0.1) is 0 Å². The van der Waals surface area contributed by atoms with E-state index in [4.69, 9.17) is 5.11 Å². The molecule has 0 spiro atoms. The van der Waals surface area contributed by atoms with Gasteiger partial charge in [-0.25, -0.2) is 9.48 Å². The molecule has 0 radical (unpaired) electrons. The van der Waals surface area contributed by atoms with Crippen molar-refractivity contribution in [1.29, 1.82) is 0 Å². The predicted molar refractivity (Wildman–Crippen MR) is 64.7 cm³/mol. The fraction of sp³-hybridized carbons (Fsp3) is 0.600. The lowest BCUT2D eigenvalue weighted by Crippen LogP contribution is -2.40. The minimum Gasteiger partial charge on any atom is -0.481 e. The first-order valence-corrected chi connectivity index (χ1v) is 5.53. The van der Waals surface area contributed by atoms with E-state index in [2.05, 4.69) is 10.4 Å². The van der Waals surface area contributed by atoms with Gasteiger partial charge in [0.2, 0.25) is 5.82 Å². The van der Waals surface area contributed by atoms with Crippen LogP contribution in [0.4, 0.5) is 5.82 Å². The Balaban J connectivity index is 2.61. The van der Waals surface area contributed by atoms with Crippen molar-refractivity contribution in [2.24, 2.45) is 14.1 Å². The van der Waals surface area contributed by atoms with Crippen LogP contribution in [0.2, 0.25) is 0 Å². The first-order chi connectivity index (χ1) is 8.43. The number of nitrogens with one attached hydrogen (secondary N) is 1. The Bertz CT molecular complexity index is 546. The molecule has 0 saturated carbocycles. The van der Waals surface area contributed by atoms with Crippen LogP contribution in [0.3, 0.4) is 0 Å². The van der Waals surface area contributed by atoms with Crippen LogP contribution in [0, 0.1) is 0 Å². The number of carboxylic acids is 1. The van der Waals surface area contributed by atoms with Gasteiger partial charge in [-0.1, -0.05) is 0 Å². The van der Waals surface area contributed by atoms with Crippen LogP contribution < -0.4 is 16.6 Å². The molecule has 0 bridgehead atoms. The molecule has 0 unspecified atom stereocenters. The lowest BCUT2D eigenvalue weighted by molar-refractivity contribution is -0.137. The second kappa shape index (κ2) is 5.99. The van der Waals surface area contributed by atoms with Gasteiger partial charge in [-0.05, 0) is 12.8 Å². The monoisotopic (exact) mass is 256 g/mol. The summed E-state index contributed by atoms with van der Waals surface area (Å²) in [6, 6.07) is 0. The number of hydrogen-bond acceptors (Lipinski definition) is 5. The zero-order chi connectivity index (χ0) is 13.7. The summed E-state index contributed by atoms with van der Waals surface area (Å²) < 4.78 is 2.04. The van der Waals surface area contributed by atoms with Gasteiger partial charge in [-0.3, -0.25) is 14.2 Å². The minimum absolute atomic E-state index is 0.0925. The van der Waals surface area contributed by atoms with Gasteiger partial charge in [-0.15, -0.1) is 5.10 Å². The maximum Gasteiger partial charge on any atom is 0.346 e. The van der Waals surface area contributed by atoms with Crippen molar-refractivity contribution in [3.63, 3.8) is 0 Å². The van der Waals surface area contributed by atoms with Gasteiger partial charge in [-0.2, -0.15) is 0 Å². The molecule has 0 aromatic carbocycles. The van der Waals surface area contributed by atoms with Gasteiger partial charge >= 0.3 is 11.7 Å². The third-order valence-electron chi connectivity index (χ3n) is 2.43. The Morgan fingerprint density at radius 3 is 2.61 bits per heavy atom. The SMILES string of the molecule is Cn1nc(NCCCCC(=O)O)c(=O)n(C)c1=O. The van der Waals surface area contributed by atoms with E-state index in [-0.39, 0.29) is 12.2 Å². The molecule has 8 nitrogen and oxygen atoms in total. The molecule has 2 N–H and O–H groups in total. The second-order valence-electron chi connectivity index (χ2n) is 3.90. The molecule has 1 heterocycles. The number of aliphatic carboxylic acids is 1. The minimum atomic E-state index is -0.842. The van der Waals surface area contributed by atoms with Gasteiger partial charge in [0.25, 0.3) is 5.56 Å². The molecule has 0 aliphatic carbocycles. The quantitative estimate of drug-likeness (QED) is 0.642. The standard InChI is InChI=1S/C10H16N4O4/c1-13-9(17)8(12-14(2)10(13)18)11-6-4-3-5-7(15)16/h3-6H2,1-2H3,(H,11,12)(H,15,16). The first-order valence-electron chi connectivity index (χ1n) is 5.53. The van der Waals surface area contributed by atoms with E-state index in [1.165, 1.54) is 14.1 Å². The highest BCUT2D eigenvalue weighted by atomic mass is 16.4. The van der Waals surface area contributed by atoms with E-state index in [1.807, 2.05) is 0 Å². The number of carbonyl (C=O) groups is 1. The molecule has 18 heavy (non-hydrogen) atoms. The summed E-state index contributed by atoms with van der Waals surface area (Å²) in [5, 5.41) is 15.1. The molecule has 0 aliphatic rings. The third-order valence-corrected chi connectivity index (χ3v) is 2.43. The van der Waals surface area contributed by atoms with Crippen LogP contribution in [-0.4, -0.2) is 32.0 Å². The lowest BCUT2D eigenvalue weighted by Gasteiger charge is -2.07. The van der Waals surface area contributed by atoms with Gasteiger partial charge in [0.1, 0.15) is 0 Å². The number of carboxylic acid groups (broad SMARTS) is 1. The number of hydrogen-bond donors (Lipinski definition) is 2. The summed E-state index contributed by atoms with van der Waals surface area (Å²) >= 11 is 0. The average molecular weight is 256 g/mol. The molecule has 8 heteroatoms. The second-order valence-corrected chi connectivity index (χ2v) is 3.90. The summed E-state index contributed by atoms with van der Waals surface area (Å²) in [5.74, 6) is -0.749. The van der Waals surface area contributed by atoms with E-state index in [9.17, 15) is 14.4 Å². The first kappa shape index (κ1) is 13.9. The summed E-state index contributed by atoms with van der Waals surface area (Å²) in [5.41, 5.74) is -0.979. The smallest absolute Gasteiger partial charge is 0.346 e. The maximum atomic E-state index is 11.6. The molecule has 1 aromatic heterocycles. The van der Waals surface area contributed by atoms with E-state index >= 15 is 0 Å². The lowest BCUT2D eigenvalue weighted by atomic mass is 10.2. The highest BCUT2D eigenvalue weighted by Gasteiger charge is 2.07. The van der Waals surface area contributed by atoms with Crippen LogP contribution in [0.25, 0.3) is 0 Å². The number of aromatic nitrogens is 3. The Morgan fingerprint density at radius 2 is 2.00 bits per heavy atom. The summed E-state index contributed by atoms with van der Waals surface area (Å²) in [4.78, 5) is 33.3. The van der Waals surface area contributed by atoms with Crippen molar-refractivity contribution >= 4 is 11.8 Å². The number of rotatable bonds is 6. The Morgan fingerprint density at radius 1 is 1.33 bits per heavy atom. The molecule has 0 saturated heterocycles. The van der Waals surface area contributed by atoms with E-state index in [0.29, 0.717) is 19.4 Å². The van der Waals surface area contributed by atoms with Crippen LogP contribution in [0.5, 0.6) is 0 Å². The van der Waals surface area contributed by atoms with Crippen molar-refractivity contribution in [3.05, 3.63) is 20.8 Å². The molecule has 1 rings (SSSR count). The van der Waals surface area contributed by atoms with E-state index in [0.717, 1.165) is 9.25 Å². The van der Waals surface area contributed by atoms with Crippen molar-refractivity contribution in [2.75, 3.05) is 11.9 Å². The molecule has 0 amide bonds. The Hall–Kier alpha value is -2.12. The van der Waals surface area contributed by atoms with Crippen LogP contribution in [0.1, 0.15) is 19.3 Å². The highest BCUT2D eigenvalue weighted by Crippen LogP contribution is 1.96. The number of unbranched alkanes of at least 4 members (excludes halogenated alkanes) is 1.